The third-order valence-electron chi connectivity index (χ3n) is 4.56. The van der Waals surface area contributed by atoms with Crippen LogP contribution in [-0.2, 0) is 0 Å². The Hall–Kier alpha value is -1.28. The standard InChI is InChI=1S/C16H22N2/c1-11-9-13-7-8-18(16(13)10-12(11)2)15-6-5-14(15)17(3)4/h7-10,14-15H,5-6H2,1-4H3. The van der Waals surface area contributed by atoms with Crippen LogP contribution in [0.2, 0.25) is 0 Å². The number of hydrogen-bond acceptors (Lipinski definition) is 1. The Labute approximate surface area is 109 Å². The lowest BCUT2D eigenvalue weighted by Crippen LogP contribution is -2.43. The van der Waals surface area contributed by atoms with Crippen molar-refractivity contribution in [2.24, 2.45) is 0 Å². The van der Waals surface area contributed by atoms with Gasteiger partial charge >= 0.3 is 0 Å². The van der Waals surface area contributed by atoms with Crippen LogP contribution in [0, 0.1) is 13.8 Å². The van der Waals surface area contributed by atoms with Gasteiger partial charge in [-0.1, -0.05) is 0 Å². The van der Waals surface area contributed by atoms with Crippen LogP contribution in [0.15, 0.2) is 24.4 Å². The highest BCUT2D eigenvalue weighted by Gasteiger charge is 2.34. The van der Waals surface area contributed by atoms with Gasteiger partial charge in [0.05, 0.1) is 0 Å². The number of nitrogens with zero attached hydrogens (tertiary/aromatic N) is 2. The van der Waals surface area contributed by atoms with Crippen LogP contribution in [0.25, 0.3) is 10.9 Å². The first kappa shape index (κ1) is 11.8. The first-order valence-corrected chi connectivity index (χ1v) is 6.82. The zero-order valence-electron chi connectivity index (χ0n) is 11.8. The van der Waals surface area contributed by atoms with E-state index in [2.05, 4.69) is 61.8 Å². The molecule has 2 nitrogen and oxygen atoms in total. The normalized spacial score (nSPS) is 23.6. The highest BCUT2D eigenvalue weighted by atomic mass is 15.2. The topological polar surface area (TPSA) is 8.17 Å². The van der Waals surface area contributed by atoms with E-state index in [0.29, 0.717) is 12.1 Å². The molecule has 1 aliphatic rings. The Morgan fingerprint density at radius 2 is 1.83 bits per heavy atom. The first-order chi connectivity index (χ1) is 8.58. The minimum absolute atomic E-state index is 0.652. The van der Waals surface area contributed by atoms with Crippen molar-refractivity contribution in [2.45, 2.75) is 38.8 Å². The summed E-state index contributed by atoms with van der Waals surface area (Å²) in [5.74, 6) is 0. The van der Waals surface area contributed by atoms with Gasteiger partial charge in [-0.25, -0.2) is 0 Å². The van der Waals surface area contributed by atoms with E-state index in [9.17, 15) is 0 Å². The summed E-state index contributed by atoms with van der Waals surface area (Å²) in [7, 11) is 4.38. The maximum Gasteiger partial charge on any atom is 0.0492 e. The van der Waals surface area contributed by atoms with Crippen LogP contribution >= 0.6 is 0 Å². The van der Waals surface area contributed by atoms with Crippen molar-refractivity contribution < 1.29 is 0 Å². The van der Waals surface area contributed by atoms with Crippen LogP contribution in [0.4, 0.5) is 0 Å². The number of rotatable bonds is 2. The molecule has 2 aromatic rings. The fourth-order valence-electron chi connectivity index (χ4n) is 3.10. The van der Waals surface area contributed by atoms with E-state index in [1.165, 1.54) is 34.9 Å². The van der Waals surface area contributed by atoms with E-state index in [4.69, 9.17) is 0 Å². The molecule has 0 bridgehead atoms. The second-order valence-corrected chi connectivity index (χ2v) is 5.89. The lowest BCUT2D eigenvalue weighted by atomic mass is 9.85. The summed E-state index contributed by atoms with van der Waals surface area (Å²) in [5.41, 5.74) is 4.18. The fraction of sp³-hybridized carbons (Fsp3) is 0.500. The maximum absolute atomic E-state index is 2.48. The average Bonchev–Trinajstić information content (AvgIpc) is 2.60. The van der Waals surface area contributed by atoms with Gasteiger partial charge in [0.25, 0.3) is 0 Å². The molecule has 2 heteroatoms. The van der Waals surface area contributed by atoms with Crippen LogP contribution in [-0.4, -0.2) is 29.6 Å². The molecule has 0 aliphatic heterocycles. The predicted octanol–water partition coefficient (Wildman–Crippen LogP) is 3.52. The van der Waals surface area contributed by atoms with E-state index < -0.39 is 0 Å². The fourth-order valence-corrected chi connectivity index (χ4v) is 3.10. The summed E-state index contributed by atoms with van der Waals surface area (Å²) in [4.78, 5) is 2.36. The van der Waals surface area contributed by atoms with Crippen LogP contribution in [0.5, 0.6) is 0 Å². The van der Waals surface area contributed by atoms with Gasteiger partial charge in [-0.05, 0) is 75.5 Å². The SMILES string of the molecule is Cc1cc2ccn(C3CCC3N(C)C)c2cc1C. The second kappa shape index (κ2) is 4.13. The number of aryl methyl sites for hydroxylation is 2. The molecule has 1 aliphatic carbocycles. The van der Waals surface area contributed by atoms with E-state index >= 15 is 0 Å². The summed E-state index contributed by atoms with van der Waals surface area (Å²) < 4.78 is 2.48. The lowest BCUT2D eigenvalue weighted by Gasteiger charge is -2.42. The van der Waals surface area contributed by atoms with Gasteiger partial charge in [-0.15, -0.1) is 0 Å². The summed E-state index contributed by atoms with van der Waals surface area (Å²) >= 11 is 0. The van der Waals surface area contributed by atoms with Gasteiger partial charge in [-0.2, -0.15) is 0 Å². The predicted molar refractivity (Wildman–Crippen MR) is 77.2 cm³/mol. The number of aromatic nitrogens is 1. The number of likely N-dealkylation sites (N-methyl/N-ethyl adjacent to an activating group) is 1. The molecule has 0 spiro atoms. The average molecular weight is 242 g/mol. The minimum Gasteiger partial charge on any atom is -0.343 e. The second-order valence-electron chi connectivity index (χ2n) is 5.89. The molecule has 2 atom stereocenters. The van der Waals surface area contributed by atoms with Crippen molar-refractivity contribution in [1.82, 2.24) is 9.47 Å². The Morgan fingerprint density at radius 1 is 1.11 bits per heavy atom. The van der Waals surface area contributed by atoms with E-state index in [0.717, 1.165) is 0 Å². The monoisotopic (exact) mass is 242 g/mol. The molecule has 1 saturated carbocycles. The van der Waals surface area contributed by atoms with Gasteiger partial charge in [0.1, 0.15) is 0 Å². The van der Waals surface area contributed by atoms with Crippen molar-refractivity contribution in [1.29, 1.82) is 0 Å². The van der Waals surface area contributed by atoms with E-state index in [-0.39, 0.29) is 0 Å². The zero-order valence-corrected chi connectivity index (χ0v) is 11.8. The van der Waals surface area contributed by atoms with Gasteiger partial charge in [0.2, 0.25) is 0 Å². The van der Waals surface area contributed by atoms with Gasteiger partial charge in [-0.3, -0.25) is 0 Å². The quantitative estimate of drug-likeness (QED) is 0.782. The maximum atomic E-state index is 2.48. The van der Waals surface area contributed by atoms with Crippen molar-refractivity contribution in [3.8, 4) is 0 Å². The molecule has 2 unspecified atom stereocenters. The molecule has 0 radical (unpaired) electrons. The molecule has 3 rings (SSSR count). The highest BCUT2D eigenvalue weighted by Crippen LogP contribution is 2.38. The van der Waals surface area contributed by atoms with Crippen LogP contribution < -0.4 is 0 Å². The Bertz CT molecular complexity index is 580. The molecule has 0 N–H and O–H groups in total. The summed E-state index contributed by atoms with van der Waals surface area (Å²) in [5, 5.41) is 1.38. The van der Waals surface area contributed by atoms with Crippen molar-refractivity contribution in [3.63, 3.8) is 0 Å². The molecule has 18 heavy (non-hydrogen) atoms. The third kappa shape index (κ3) is 1.67. The molecule has 0 amide bonds. The van der Waals surface area contributed by atoms with E-state index in [1.54, 1.807) is 0 Å². The molecular weight excluding hydrogens is 220 g/mol. The van der Waals surface area contributed by atoms with Crippen molar-refractivity contribution in [3.05, 3.63) is 35.5 Å². The van der Waals surface area contributed by atoms with Gasteiger partial charge < -0.3 is 9.47 Å². The third-order valence-corrected chi connectivity index (χ3v) is 4.56. The number of benzene rings is 1. The summed E-state index contributed by atoms with van der Waals surface area (Å²) in [6.45, 7) is 4.40. The summed E-state index contributed by atoms with van der Waals surface area (Å²) in [6, 6.07) is 8.26. The van der Waals surface area contributed by atoms with Gasteiger partial charge in [0.15, 0.2) is 0 Å². The van der Waals surface area contributed by atoms with Crippen LogP contribution in [0.3, 0.4) is 0 Å². The van der Waals surface area contributed by atoms with Gasteiger partial charge in [0, 0.05) is 23.8 Å². The molecule has 1 aromatic carbocycles. The lowest BCUT2D eigenvalue weighted by molar-refractivity contribution is 0.116. The first-order valence-electron chi connectivity index (χ1n) is 6.82. The van der Waals surface area contributed by atoms with E-state index in [1.807, 2.05) is 0 Å². The molecule has 1 fully saturated rings. The number of fused-ring (bicyclic) bond motifs is 1. The molecule has 0 saturated heterocycles. The van der Waals surface area contributed by atoms with Crippen molar-refractivity contribution in [2.75, 3.05) is 14.1 Å². The van der Waals surface area contributed by atoms with Crippen molar-refractivity contribution >= 4 is 10.9 Å². The highest BCUT2D eigenvalue weighted by molar-refractivity contribution is 5.82. The molecule has 1 aromatic heterocycles. The molecule has 1 heterocycles. The Kier molecular flexibility index (Phi) is 2.70. The zero-order chi connectivity index (χ0) is 12.9. The Balaban J connectivity index is 2.05. The van der Waals surface area contributed by atoms with Crippen LogP contribution in [0.1, 0.15) is 30.0 Å². The molecular formula is C16H22N2. The summed E-state index contributed by atoms with van der Waals surface area (Å²) in [6.07, 6.45) is 4.89. The smallest absolute Gasteiger partial charge is 0.0492 e. The largest absolute Gasteiger partial charge is 0.343 e. The number of hydrogen-bond donors (Lipinski definition) is 0. The minimum atomic E-state index is 0.652. The Morgan fingerprint density at radius 3 is 2.44 bits per heavy atom. The molecule has 96 valence electrons.